The number of furan rings is 1. The predicted octanol–water partition coefficient (Wildman–Crippen LogP) is 6.44. The number of amides is 1. The first-order valence-corrected chi connectivity index (χ1v) is 10.7. The van der Waals surface area contributed by atoms with E-state index in [1.807, 2.05) is 38.3 Å². The summed E-state index contributed by atoms with van der Waals surface area (Å²) < 4.78 is 24.9. The molecule has 4 rings (SSSR count). The van der Waals surface area contributed by atoms with E-state index in [0.29, 0.717) is 23.1 Å². The summed E-state index contributed by atoms with van der Waals surface area (Å²) in [6, 6.07) is 10.0. The van der Waals surface area contributed by atoms with Gasteiger partial charge in [0.15, 0.2) is 5.13 Å². The van der Waals surface area contributed by atoms with Gasteiger partial charge >= 0.3 is 0 Å². The van der Waals surface area contributed by atoms with Gasteiger partial charge in [0.25, 0.3) is 0 Å². The lowest BCUT2D eigenvalue weighted by molar-refractivity contribution is -0.111. The number of nitrogens with zero attached hydrogens (tertiary/aromatic N) is 1. The van der Waals surface area contributed by atoms with Crippen LogP contribution in [-0.4, -0.2) is 17.5 Å². The van der Waals surface area contributed by atoms with Gasteiger partial charge in [-0.3, -0.25) is 10.1 Å². The Hall–Kier alpha value is -3.45. The normalized spacial score (nSPS) is 11.7. The Labute approximate surface area is 183 Å². The SMILES string of the molecule is CCOc1cc2occ(-c3ccc(F)cc3)c2cc1/C(C)=C/C(=O)Nc1nc(C)cs1. The third kappa shape index (κ3) is 4.51. The Bertz CT molecular complexity index is 1270. The van der Waals surface area contributed by atoms with Crippen LogP contribution in [0.25, 0.3) is 27.7 Å². The zero-order valence-electron chi connectivity index (χ0n) is 17.4. The minimum Gasteiger partial charge on any atom is -0.493 e. The smallest absolute Gasteiger partial charge is 0.250 e. The molecule has 7 heteroatoms. The molecule has 2 aromatic heterocycles. The summed E-state index contributed by atoms with van der Waals surface area (Å²) in [5.41, 5.74) is 4.72. The summed E-state index contributed by atoms with van der Waals surface area (Å²) in [6.45, 7) is 6.10. The minimum atomic E-state index is -0.295. The van der Waals surface area contributed by atoms with Crippen molar-refractivity contribution < 1.29 is 18.3 Å². The molecule has 0 aliphatic carbocycles. The van der Waals surface area contributed by atoms with Crippen molar-refractivity contribution in [2.45, 2.75) is 20.8 Å². The number of benzene rings is 2. The Balaban J connectivity index is 1.73. The molecule has 0 saturated carbocycles. The first-order valence-electron chi connectivity index (χ1n) is 9.80. The maximum absolute atomic E-state index is 13.3. The summed E-state index contributed by atoms with van der Waals surface area (Å²) in [7, 11) is 0. The second-order valence-electron chi connectivity index (χ2n) is 7.04. The highest BCUT2D eigenvalue weighted by Crippen LogP contribution is 2.37. The van der Waals surface area contributed by atoms with Gasteiger partial charge in [-0.2, -0.15) is 0 Å². The van der Waals surface area contributed by atoms with Crippen LogP contribution in [-0.2, 0) is 4.79 Å². The number of ether oxygens (including phenoxy) is 1. The number of carbonyl (C=O) groups excluding carboxylic acids is 1. The van der Waals surface area contributed by atoms with Gasteiger partial charge in [-0.25, -0.2) is 9.37 Å². The number of carbonyl (C=O) groups is 1. The fraction of sp³-hybridized carbons (Fsp3) is 0.167. The summed E-state index contributed by atoms with van der Waals surface area (Å²) in [5, 5.41) is 6.08. The molecule has 4 aromatic rings. The van der Waals surface area contributed by atoms with E-state index in [1.165, 1.54) is 29.5 Å². The van der Waals surface area contributed by atoms with E-state index in [-0.39, 0.29) is 11.7 Å². The molecule has 0 aliphatic heterocycles. The average molecular weight is 437 g/mol. The second-order valence-corrected chi connectivity index (χ2v) is 7.90. The van der Waals surface area contributed by atoms with Gasteiger partial charge in [0.05, 0.1) is 18.6 Å². The van der Waals surface area contributed by atoms with Crippen LogP contribution in [0.1, 0.15) is 25.1 Å². The van der Waals surface area contributed by atoms with Gasteiger partial charge in [0.1, 0.15) is 17.1 Å². The number of hydrogen-bond donors (Lipinski definition) is 1. The zero-order chi connectivity index (χ0) is 22.0. The summed E-state index contributed by atoms with van der Waals surface area (Å²) in [6.07, 6.45) is 3.17. The van der Waals surface area contributed by atoms with Crippen LogP contribution in [0.5, 0.6) is 5.75 Å². The van der Waals surface area contributed by atoms with Crippen molar-refractivity contribution in [3.63, 3.8) is 0 Å². The molecule has 0 fully saturated rings. The molecule has 31 heavy (non-hydrogen) atoms. The molecule has 5 nitrogen and oxygen atoms in total. The van der Waals surface area contributed by atoms with Crippen molar-refractivity contribution in [1.82, 2.24) is 4.98 Å². The fourth-order valence-electron chi connectivity index (χ4n) is 3.32. The van der Waals surface area contributed by atoms with Crippen molar-refractivity contribution in [3.8, 4) is 16.9 Å². The number of aryl methyl sites for hydroxylation is 1. The van der Waals surface area contributed by atoms with Crippen molar-refractivity contribution in [2.75, 3.05) is 11.9 Å². The number of rotatable bonds is 6. The minimum absolute atomic E-state index is 0.264. The van der Waals surface area contributed by atoms with E-state index < -0.39 is 0 Å². The molecule has 0 radical (unpaired) electrons. The maximum atomic E-state index is 13.3. The summed E-state index contributed by atoms with van der Waals surface area (Å²) in [4.78, 5) is 16.7. The predicted molar refractivity (Wildman–Crippen MR) is 122 cm³/mol. The van der Waals surface area contributed by atoms with Gasteiger partial charge in [0, 0.05) is 34.0 Å². The molecule has 0 spiro atoms. The standard InChI is InChI=1S/C24H21FN2O3S/c1-4-29-21-11-22-19(20(12-30-22)16-5-7-17(25)8-6-16)10-18(21)14(2)9-23(28)27-24-26-15(3)13-31-24/h5-13H,4H2,1-3H3,(H,26,27,28)/b14-9+. The van der Waals surface area contributed by atoms with E-state index >= 15 is 0 Å². The van der Waals surface area contributed by atoms with Gasteiger partial charge in [-0.05, 0) is 50.1 Å². The number of allylic oxidation sites excluding steroid dienone is 1. The molecule has 1 amide bonds. The van der Waals surface area contributed by atoms with Crippen molar-refractivity contribution >= 4 is 38.9 Å². The molecule has 0 unspecified atom stereocenters. The van der Waals surface area contributed by atoms with Crippen LogP contribution in [0, 0.1) is 12.7 Å². The highest BCUT2D eigenvalue weighted by atomic mass is 32.1. The molecular weight excluding hydrogens is 415 g/mol. The van der Waals surface area contributed by atoms with Crippen LogP contribution in [0.15, 0.2) is 58.5 Å². The van der Waals surface area contributed by atoms with Crippen LogP contribution < -0.4 is 10.1 Å². The summed E-state index contributed by atoms with van der Waals surface area (Å²) >= 11 is 1.38. The van der Waals surface area contributed by atoms with Crippen molar-refractivity contribution in [1.29, 1.82) is 0 Å². The van der Waals surface area contributed by atoms with Gasteiger partial charge in [0.2, 0.25) is 5.91 Å². The van der Waals surface area contributed by atoms with Crippen LogP contribution >= 0.6 is 11.3 Å². The molecule has 0 aliphatic rings. The Morgan fingerprint density at radius 1 is 1.29 bits per heavy atom. The highest BCUT2D eigenvalue weighted by Gasteiger charge is 2.15. The lowest BCUT2D eigenvalue weighted by Crippen LogP contribution is -2.08. The van der Waals surface area contributed by atoms with Crippen LogP contribution in [0.3, 0.4) is 0 Å². The van der Waals surface area contributed by atoms with E-state index in [9.17, 15) is 9.18 Å². The van der Waals surface area contributed by atoms with Crippen molar-refractivity contribution in [2.24, 2.45) is 0 Å². The fourth-order valence-corrected chi connectivity index (χ4v) is 4.01. The number of aromatic nitrogens is 1. The van der Waals surface area contributed by atoms with Gasteiger partial charge in [-0.1, -0.05) is 12.1 Å². The Morgan fingerprint density at radius 2 is 2.06 bits per heavy atom. The first kappa shape index (κ1) is 20.8. The van der Waals surface area contributed by atoms with E-state index in [2.05, 4.69) is 10.3 Å². The van der Waals surface area contributed by atoms with Gasteiger partial charge in [-0.15, -0.1) is 11.3 Å². The molecule has 0 atom stereocenters. The molecule has 0 bridgehead atoms. The van der Waals surface area contributed by atoms with Crippen LogP contribution in [0.2, 0.25) is 0 Å². The Kier molecular flexibility index (Phi) is 5.86. The maximum Gasteiger partial charge on any atom is 0.250 e. The summed E-state index contributed by atoms with van der Waals surface area (Å²) in [5.74, 6) is 0.0677. The number of anilines is 1. The van der Waals surface area contributed by atoms with Crippen LogP contribution in [0.4, 0.5) is 9.52 Å². The highest BCUT2D eigenvalue weighted by molar-refractivity contribution is 7.13. The number of nitrogens with one attached hydrogen (secondary N) is 1. The topological polar surface area (TPSA) is 64.4 Å². The average Bonchev–Trinajstić information content (AvgIpc) is 3.33. The number of hydrogen-bond acceptors (Lipinski definition) is 5. The molecular formula is C24H21FN2O3S. The third-order valence-electron chi connectivity index (χ3n) is 4.75. The van der Waals surface area contributed by atoms with E-state index in [0.717, 1.165) is 33.3 Å². The number of halogens is 1. The lowest BCUT2D eigenvalue weighted by atomic mass is 9.99. The quantitative estimate of drug-likeness (QED) is 0.353. The van der Waals surface area contributed by atoms with E-state index in [1.54, 1.807) is 18.4 Å². The van der Waals surface area contributed by atoms with Crippen molar-refractivity contribution in [3.05, 3.63) is 71.2 Å². The Morgan fingerprint density at radius 3 is 2.74 bits per heavy atom. The van der Waals surface area contributed by atoms with Gasteiger partial charge < -0.3 is 9.15 Å². The monoisotopic (exact) mass is 436 g/mol. The van der Waals surface area contributed by atoms with E-state index in [4.69, 9.17) is 9.15 Å². The molecule has 158 valence electrons. The zero-order valence-corrected chi connectivity index (χ0v) is 18.2. The first-order chi connectivity index (χ1) is 14.9. The largest absolute Gasteiger partial charge is 0.493 e. The molecule has 1 N–H and O–H groups in total. The number of thiazole rings is 1. The molecule has 2 aromatic carbocycles. The third-order valence-corrected chi connectivity index (χ3v) is 5.63. The molecule has 2 heterocycles. The second kappa shape index (κ2) is 8.73. The molecule has 0 saturated heterocycles. The number of fused-ring (bicyclic) bond motifs is 1. The lowest BCUT2D eigenvalue weighted by Gasteiger charge is -2.11.